The van der Waals surface area contributed by atoms with Gasteiger partial charge < -0.3 is 15.0 Å². The van der Waals surface area contributed by atoms with Gasteiger partial charge in [0.05, 0.1) is 6.61 Å². The number of nitrogens with one attached hydrogen (secondary N) is 1. The van der Waals surface area contributed by atoms with E-state index in [-0.39, 0.29) is 6.54 Å². The summed E-state index contributed by atoms with van der Waals surface area (Å²) in [5, 5.41) is 7.15. The molecule has 160 valence electrons. The minimum atomic E-state index is -0.802. The Hall–Kier alpha value is -3.75. The first-order valence-corrected chi connectivity index (χ1v) is 10.2. The van der Waals surface area contributed by atoms with Gasteiger partial charge in [-0.15, -0.1) is 0 Å². The molecule has 31 heavy (non-hydrogen) atoms. The lowest BCUT2D eigenvalue weighted by atomic mass is 10.2. The van der Waals surface area contributed by atoms with Crippen LogP contribution in [0.5, 0.6) is 5.75 Å². The summed E-state index contributed by atoms with van der Waals surface area (Å²) in [4.78, 5) is 40.9. The molecule has 2 aromatic carbocycles. The van der Waals surface area contributed by atoms with E-state index in [1.54, 1.807) is 6.07 Å². The van der Waals surface area contributed by atoms with E-state index in [0.717, 1.165) is 21.7 Å². The van der Waals surface area contributed by atoms with Gasteiger partial charge in [0.2, 0.25) is 0 Å². The van der Waals surface area contributed by atoms with E-state index in [1.807, 2.05) is 61.2 Å². The fourth-order valence-corrected chi connectivity index (χ4v) is 3.69. The molecule has 2 heterocycles. The molecule has 1 N–H and O–H groups in total. The summed E-state index contributed by atoms with van der Waals surface area (Å²) >= 11 is 0. The fraction of sp³-hybridized carbons (Fsp3) is 0.318. The van der Waals surface area contributed by atoms with E-state index in [2.05, 4.69) is 10.4 Å². The zero-order valence-corrected chi connectivity index (χ0v) is 17.4. The Morgan fingerprint density at radius 1 is 1.16 bits per heavy atom. The standard InChI is InChI=1S/C22H23N5O4/c1-3-31-18-9-7-17(8-10-18)25-11-12-26-20(29)21(30)27(24-22(25)26)14-19(28)23-16-6-4-5-15(2)13-16/h4-10,13,22H,3,11-12,14H2,1-2H3/p+1. The third kappa shape index (κ3) is 4.25. The quantitative estimate of drug-likeness (QED) is 0.567. The number of ether oxygens (including phenoxy) is 1. The number of carbonyl (C=O) groups excluding carboxylic acids is 3. The van der Waals surface area contributed by atoms with Crippen molar-refractivity contribution in [2.45, 2.75) is 20.1 Å². The highest BCUT2D eigenvalue weighted by Gasteiger charge is 2.49. The number of anilines is 2. The number of azo groups is 2. The number of hydrogen-bond acceptors (Lipinski definition) is 6. The SMILES string of the molecule is CCOc1ccc(N2CCN3C(=O)C(=O)[N+](CC(=O)Nc4cccc(C)c4)=NC32)cc1. The van der Waals surface area contributed by atoms with E-state index in [4.69, 9.17) is 4.74 Å². The van der Waals surface area contributed by atoms with Crippen LogP contribution in [0.25, 0.3) is 0 Å². The maximum Gasteiger partial charge on any atom is 0.502 e. The van der Waals surface area contributed by atoms with Crippen molar-refractivity contribution >= 4 is 29.1 Å². The van der Waals surface area contributed by atoms with Crippen molar-refractivity contribution in [3.63, 3.8) is 0 Å². The van der Waals surface area contributed by atoms with Gasteiger partial charge in [-0.3, -0.25) is 14.5 Å². The first kappa shape index (κ1) is 20.5. The van der Waals surface area contributed by atoms with Crippen LogP contribution >= 0.6 is 0 Å². The predicted octanol–water partition coefficient (Wildman–Crippen LogP) is 1.97. The van der Waals surface area contributed by atoms with E-state index in [1.165, 1.54) is 4.90 Å². The Kier molecular flexibility index (Phi) is 5.66. The maximum atomic E-state index is 12.6. The number of nitrogens with zero attached hydrogens (tertiary/aromatic N) is 4. The van der Waals surface area contributed by atoms with Crippen molar-refractivity contribution in [1.82, 2.24) is 4.90 Å². The third-order valence-corrected chi connectivity index (χ3v) is 5.13. The van der Waals surface area contributed by atoms with E-state index in [9.17, 15) is 14.4 Å². The Bertz CT molecular complexity index is 1050. The second kappa shape index (κ2) is 8.55. The molecule has 2 aliphatic heterocycles. The largest absolute Gasteiger partial charge is 0.502 e. The molecule has 2 aromatic rings. The van der Waals surface area contributed by atoms with Gasteiger partial charge >= 0.3 is 11.8 Å². The van der Waals surface area contributed by atoms with Crippen LogP contribution in [0.1, 0.15) is 12.5 Å². The Balaban J connectivity index is 1.53. The van der Waals surface area contributed by atoms with Crippen molar-refractivity contribution in [2.24, 2.45) is 5.11 Å². The number of rotatable bonds is 6. The lowest BCUT2D eigenvalue weighted by Gasteiger charge is -2.27. The molecule has 2 aliphatic rings. The van der Waals surface area contributed by atoms with E-state index in [0.29, 0.717) is 25.4 Å². The van der Waals surface area contributed by atoms with Crippen molar-refractivity contribution in [2.75, 3.05) is 36.5 Å². The van der Waals surface area contributed by atoms with Gasteiger partial charge in [0, 0.05) is 29.6 Å². The summed E-state index contributed by atoms with van der Waals surface area (Å²) in [7, 11) is 0. The molecule has 0 radical (unpaired) electrons. The highest BCUT2D eigenvalue weighted by molar-refractivity contribution is 6.32. The van der Waals surface area contributed by atoms with Gasteiger partial charge in [0.1, 0.15) is 5.75 Å². The van der Waals surface area contributed by atoms with Crippen LogP contribution in [-0.2, 0) is 14.4 Å². The average Bonchev–Trinajstić information content (AvgIpc) is 3.16. The van der Waals surface area contributed by atoms with Crippen LogP contribution in [0.4, 0.5) is 11.4 Å². The minimum Gasteiger partial charge on any atom is -0.494 e. The Morgan fingerprint density at radius 2 is 1.90 bits per heavy atom. The normalized spacial score (nSPS) is 18.0. The molecule has 4 rings (SSSR count). The van der Waals surface area contributed by atoms with Crippen molar-refractivity contribution < 1.29 is 23.8 Å². The molecular weight excluding hydrogens is 398 g/mol. The van der Waals surface area contributed by atoms with Crippen molar-refractivity contribution in [1.29, 1.82) is 0 Å². The summed E-state index contributed by atoms with van der Waals surface area (Å²) in [5.41, 5.74) is 2.48. The van der Waals surface area contributed by atoms with Crippen LogP contribution in [0.15, 0.2) is 53.6 Å². The van der Waals surface area contributed by atoms with Gasteiger partial charge in [-0.25, -0.2) is 4.79 Å². The topological polar surface area (TPSA) is 94.3 Å². The van der Waals surface area contributed by atoms with Crippen molar-refractivity contribution in [3.8, 4) is 5.75 Å². The predicted molar refractivity (Wildman–Crippen MR) is 113 cm³/mol. The molecule has 0 bridgehead atoms. The molecule has 1 fully saturated rings. The fourth-order valence-electron chi connectivity index (χ4n) is 3.69. The van der Waals surface area contributed by atoms with E-state index >= 15 is 0 Å². The van der Waals surface area contributed by atoms with Gasteiger partial charge in [-0.05, 0) is 60.5 Å². The maximum absolute atomic E-state index is 12.6. The summed E-state index contributed by atoms with van der Waals surface area (Å²) in [6.07, 6.45) is -0.671. The zero-order valence-electron chi connectivity index (χ0n) is 17.4. The summed E-state index contributed by atoms with van der Waals surface area (Å²) in [6, 6.07) is 14.8. The van der Waals surface area contributed by atoms with Crippen LogP contribution in [0.3, 0.4) is 0 Å². The number of hydrogen-bond donors (Lipinski definition) is 1. The van der Waals surface area contributed by atoms with Gasteiger partial charge in [-0.1, -0.05) is 12.1 Å². The molecule has 1 saturated heterocycles. The number of aryl methyl sites for hydroxylation is 1. The highest BCUT2D eigenvalue weighted by atomic mass is 16.5. The third-order valence-electron chi connectivity index (χ3n) is 5.13. The first-order chi connectivity index (χ1) is 15.0. The minimum absolute atomic E-state index is 0.333. The van der Waals surface area contributed by atoms with Gasteiger partial charge in [0.25, 0.3) is 18.7 Å². The average molecular weight is 422 g/mol. The molecule has 0 saturated carbocycles. The molecule has 9 nitrogen and oxygen atoms in total. The van der Waals surface area contributed by atoms with Crippen LogP contribution in [-0.4, -0.2) is 59.8 Å². The molecule has 1 atom stereocenters. The molecule has 9 heteroatoms. The monoisotopic (exact) mass is 422 g/mol. The Labute approximate surface area is 179 Å². The summed E-state index contributed by atoms with van der Waals surface area (Å²) in [5.74, 6) is -1.13. The molecule has 0 spiro atoms. The lowest BCUT2D eigenvalue weighted by Crippen LogP contribution is -2.52. The second-order valence-electron chi connectivity index (χ2n) is 7.36. The van der Waals surface area contributed by atoms with Gasteiger partial charge in [-0.2, -0.15) is 0 Å². The summed E-state index contributed by atoms with van der Waals surface area (Å²) in [6.45, 7) is 4.99. The van der Waals surface area contributed by atoms with Crippen molar-refractivity contribution in [3.05, 3.63) is 54.1 Å². The molecule has 0 aliphatic carbocycles. The second-order valence-corrected chi connectivity index (χ2v) is 7.36. The molecular formula is C22H24N5O4+. The number of amides is 3. The number of carbonyl (C=O) groups is 3. The molecule has 1 unspecified atom stereocenters. The van der Waals surface area contributed by atoms with Crippen LogP contribution in [0.2, 0.25) is 0 Å². The van der Waals surface area contributed by atoms with Crippen LogP contribution in [0, 0.1) is 6.92 Å². The molecule has 3 amide bonds. The lowest BCUT2D eigenvalue weighted by molar-refractivity contribution is -0.509. The first-order valence-electron chi connectivity index (χ1n) is 10.2. The Morgan fingerprint density at radius 3 is 2.61 bits per heavy atom. The number of fused-ring (bicyclic) bond motifs is 1. The van der Waals surface area contributed by atoms with Crippen LogP contribution < -0.4 is 15.0 Å². The summed E-state index contributed by atoms with van der Waals surface area (Å²) < 4.78 is 6.43. The molecule has 0 aromatic heterocycles. The highest BCUT2D eigenvalue weighted by Crippen LogP contribution is 2.28. The number of benzene rings is 2. The van der Waals surface area contributed by atoms with E-state index < -0.39 is 24.0 Å². The van der Waals surface area contributed by atoms with Gasteiger partial charge in [0.15, 0.2) is 0 Å². The smallest absolute Gasteiger partial charge is 0.494 e. The zero-order chi connectivity index (χ0) is 22.0.